The van der Waals surface area contributed by atoms with E-state index in [4.69, 9.17) is 4.42 Å². The number of nitro groups is 1. The average molecular weight is 364 g/mol. The van der Waals surface area contributed by atoms with Gasteiger partial charge in [-0.3, -0.25) is 0 Å². The van der Waals surface area contributed by atoms with Crippen LogP contribution in [-0.4, -0.2) is 14.5 Å². The van der Waals surface area contributed by atoms with Crippen molar-refractivity contribution >= 4 is 32.7 Å². The molecule has 0 amide bonds. The lowest BCUT2D eigenvalue weighted by Gasteiger charge is -2.06. The Morgan fingerprint density at radius 3 is 2.86 bits per heavy atom. The molecule has 3 rings (SSSR count). The van der Waals surface area contributed by atoms with E-state index in [1.807, 2.05) is 12.1 Å². The molecule has 7 nitrogen and oxygen atoms in total. The fourth-order valence-electron chi connectivity index (χ4n) is 2.26. The lowest BCUT2D eigenvalue weighted by molar-refractivity contribution is -0.389. The first-order valence-electron chi connectivity index (χ1n) is 6.34. The topological polar surface area (TPSA) is 91.2 Å². The Kier molecular flexibility index (Phi) is 3.53. The Bertz CT molecular complexity index is 945. The van der Waals surface area contributed by atoms with Gasteiger partial charge in [-0.1, -0.05) is 15.9 Å². The van der Waals surface area contributed by atoms with Crippen LogP contribution in [-0.2, 0) is 6.54 Å². The summed E-state index contributed by atoms with van der Waals surface area (Å²) >= 11 is 3.33. The van der Waals surface area contributed by atoms with Crippen molar-refractivity contribution < 1.29 is 9.34 Å². The van der Waals surface area contributed by atoms with Gasteiger partial charge < -0.3 is 19.1 Å². The molecule has 0 unspecified atom stereocenters. The van der Waals surface area contributed by atoms with E-state index in [9.17, 15) is 14.9 Å². The number of hydrogen-bond acceptors (Lipinski definition) is 5. The molecule has 0 aliphatic carbocycles. The van der Waals surface area contributed by atoms with Gasteiger partial charge in [-0.2, -0.15) is 0 Å². The zero-order valence-corrected chi connectivity index (χ0v) is 13.0. The van der Waals surface area contributed by atoms with Crippen LogP contribution >= 0.6 is 15.9 Å². The molecule has 8 heteroatoms. The Morgan fingerprint density at radius 2 is 2.18 bits per heavy atom. The van der Waals surface area contributed by atoms with Crippen molar-refractivity contribution in [3.8, 4) is 0 Å². The van der Waals surface area contributed by atoms with Crippen molar-refractivity contribution in [2.45, 2.75) is 13.5 Å². The minimum absolute atomic E-state index is 0.215. The molecule has 0 aliphatic rings. The molecule has 0 atom stereocenters. The minimum Gasteiger partial charge on any atom is -0.423 e. The molecule has 0 fully saturated rings. The Balaban J connectivity index is 2.11. The fourth-order valence-corrected chi connectivity index (χ4v) is 2.60. The van der Waals surface area contributed by atoms with Crippen molar-refractivity contribution in [2.75, 3.05) is 0 Å². The maximum atomic E-state index is 11.7. The summed E-state index contributed by atoms with van der Waals surface area (Å²) < 4.78 is 7.61. The highest BCUT2D eigenvalue weighted by Gasteiger charge is 2.16. The summed E-state index contributed by atoms with van der Waals surface area (Å²) in [6.45, 7) is 1.98. The number of nitrogens with zero attached hydrogens (tertiary/aromatic N) is 3. The number of rotatable bonds is 3. The van der Waals surface area contributed by atoms with E-state index in [-0.39, 0.29) is 5.82 Å². The number of benzene rings is 1. The number of aryl methyl sites for hydroxylation is 1. The first-order valence-corrected chi connectivity index (χ1v) is 7.14. The minimum atomic E-state index is -0.544. The second-order valence-electron chi connectivity index (χ2n) is 4.76. The van der Waals surface area contributed by atoms with Gasteiger partial charge in [-0.05, 0) is 33.7 Å². The summed E-state index contributed by atoms with van der Waals surface area (Å²) in [5, 5.41) is 11.6. The maximum absolute atomic E-state index is 11.7. The van der Waals surface area contributed by atoms with Gasteiger partial charge in [0.2, 0.25) is 5.82 Å². The summed E-state index contributed by atoms with van der Waals surface area (Å²) in [6, 6.07) is 6.78. The van der Waals surface area contributed by atoms with Crippen LogP contribution in [0.15, 0.2) is 44.1 Å². The monoisotopic (exact) mass is 363 g/mol. The molecule has 2 heterocycles. The Morgan fingerprint density at radius 1 is 1.41 bits per heavy atom. The van der Waals surface area contributed by atoms with E-state index >= 15 is 0 Å². The lowest BCUT2D eigenvalue weighted by Crippen LogP contribution is -2.06. The molecule has 0 bridgehead atoms. The summed E-state index contributed by atoms with van der Waals surface area (Å²) in [7, 11) is 0. The third-order valence-corrected chi connectivity index (χ3v) is 3.78. The second-order valence-corrected chi connectivity index (χ2v) is 5.68. The standard InChI is InChI=1S/C14H10BrN3O4/c1-8-16-13(18(20)21)7-17(8)6-9-4-14(19)22-12-5-10(15)2-3-11(9)12/h2-5,7H,6H2,1H3. The van der Waals surface area contributed by atoms with Crippen molar-refractivity contribution in [1.29, 1.82) is 0 Å². The summed E-state index contributed by atoms with van der Waals surface area (Å²) in [6.07, 6.45) is 1.36. The molecule has 0 spiro atoms. The van der Waals surface area contributed by atoms with Gasteiger partial charge in [0, 0.05) is 22.8 Å². The van der Waals surface area contributed by atoms with Crippen LogP contribution in [0.2, 0.25) is 0 Å². The fraction of sp³-hybridized carbons (Fsp3) is 0.143. The highest BCUT2D eigenvalue weighted by atomic mass is 79.9. The van der Waals surface area contributed by atoms with Gasteiger partial charge in [0.15, 0.2) is 0 Å². The molecule has 0 saturated heterocycles. The van der Waals surface area contributed by atoms with Crippen LogP contribution < -0.4 is 5.63 Å². The van der Waals surface area contributed by atoms with Crippen LogP contribution in [0.25, 0.3) is 11.0 Å². The summed E-state index contributed by atoms with van der Waals surface area (Å²) in [4.78, 5) is 25.8. The van der Waals surface area contributed by atoms with Crippen LogP contribution in [0.4, 0.5) is 5.82 Å². The van der Waals surface area contributed by atoms with Gasteiger partial charge in [0.25, 0.3) is 0 Å². The van der Waals surface area contributed by atoms with Crippen molar-refractivity contribution in [3.05, 3.63) is 66.9 Å². The normalized spacial score (nSPS) is 11.0. The highest BCUT2D eigenvalue weighted by molar-refractivity contribution is 9.10. The molecule has 2 aromatic heterocycles. The van der Waals surface area contributed by atoms with E-state index < -0.39 is 10.5 Å². The van der Waals surface area contributed by atoms with Gasteiger partial charge in [0.05, 0.1) is 6.54 Å². The molecule has 0 aliphatic heterocycles. The van der Waals surface area contributed by atoms with Crippen LogP contribution in [0.1, 0.15) is 11.4 Å². The van der Waals surface area contributed by atoms with E-state index in [1.165, 1.54) is 12.3 Å². The molecule has 112 valence electrons. The van der Waals surface area contributed by atoms with E-state index in [0.29, 0.717) is 23.5 Å². The zero-order valence-electron chi connectivity index (χ0n) is 11.4. The number of fused-ring (bicyclic) bond motifs is 1. The van der Waals surface area contributed by atoms with Crippen molar-refractivity contribution in [3.63, 3.8) is 0 Å². The van der Waals surface area contributed by atoms with Crippen LogP contribution in [0.3, 0.4) is 0 Å². The first-order chi connectivity index (χ1) is 10.4. The summed E-state index contributed by atoms with van der Waals surface area (Å²) in [5.74, 6) is 0.290. The Hall–Kier alpha value is -2.48. The number of imidazole rings is 1. The molecule has 3 aromatic rings. The predicted molar refractivity (Wildman–Crippen MR) is 82.9 cm³/mol. The predicted octanol–water partition coefficient (Wildman–Crippen LogP) is 3.02. The van der Waals surface area contributed by atoms with Gasteiger partial charge >= 0.3 is 11.4 Å². The second kappa shape index (κ2) is 5.38. The molecule has 0 saturated carbocycles. The molecular formula is C14H10BrN3O4. The van der Waals surface area contributed by atoms with E-state index in [0.717, 1.165) is 9.86 Å². The van der Waals surface area contributed by atoms with Crippen LogP contribution in [0, 0.1) is 17.0 Å². The smallest absolute Gasteiger partial charge is 0.381 e. The largest absolute Gasteiger partial charge is 0.423 e. The third kappa shape index (κ3) is 2.64. The molecule has 22 heavy (non-hydrogen) atoms. The highest BCUT2D eigenvalue weighted by Crippen LogP contribution is 2.23. The molecule has 0 radical (unpaired) electrons. The van der Waals surface area contributed by atoms with Gasteiger partial charge in [-0.15, -0.1) is 0 Å². The lowest BCUT2D eigenvalue weighted by atomic mass is 10.1. The van der Waals surface area contributed by atoms with Gasteiger partial charge in [-0.25, -0.2) is 4.79 Å². The van der Waals surface area contributed by atoms with Crippen molar-refractivity contribution in [2.24, 2.45) is 0 Å². The van der Waals surface area contributed by atoms with E-state index in [1.54, 1.807) is 17.6 Å². The molecular weight excluding hydrogens is 354 g/mol. The Labute approximate surface area is 132 Å². The zero-order chi connectivity index (χ0) is 15.9. The quantitative estimate of drug-likeness (QED) is 0.405. The summed E-state index contributed by atoms with van der Waals surface area (Å²) in [5.41, 5.74) is 0.714. The van der Waals surface area contributed by atoms with Crippen LogP contribution in [0.5, 0.6) is 0 Å². The SMILES string of the molecule is Cc1nc([N+](=O)[O-])cn1Cc1cc(=O)oc2cc(Br)ccc12. The number of halogens is 1. The number of hydrogen-bond donors (Lipinski definition) is 0. The van der Waals surface area contributed by atoms with Gasteiger partial charge in [0.1, 0.15) is 11.8 Å². The average Bonchev–Trinajstić information content (AvgIpc) is 2.79. The molecule has 0 N–H and O–H groups in total. The first kappa shape index (κ1) is 14.5. The van der Waals surface area contributed by atoms with E-state index in [2.05, 4.69) is 20.9 Å². The number of aromatic nitrogens is 2. The molecule has 1 aromatic carbocycles. The maximum Gasteiger partial charge on any atom is 0.381 e. The third-order valence-electron chi connectivity index (χ3n) is 3.28. The van der Waals surface area contributed by atoms with Crippen molar-refractivity contribution in [1.82, 2.24) is 9.55 Å².